The van der Waals surface area contributed by atoms with Crippen molar-refractivity contribution in [2.75, 3.05) is 5.32 Å². The molecule has 0 saturated carbocycles. The highest BCUT2D eigenvalue weighted by atomic mass is 19.3. The third-order valence-corrected chi connectivity index (χ3v) is 2.52. The number of alkyl halides is 2. The largest absolute Gasteiger partial charge is 0.508 e. The molecule has 0 saturated heterocycles. The number of phenolic OH excluding ortho intramolecular Hbond substituents is 1. The van der Waals surface area contributed by atoms with Crippen LogP contribution in [0.4, 0.5) is 14.5 Å². The molecular formula is C14H13F2NO2. The molecule has 0 aromatic heterocycles. The van der Waals surface area contributed by atoms with Crippen molar-refractivity contribution in [1.82, 2.24) is 0 Å². The summed E-state index contributed by atoms with van der Waals surface area (Å²) >= 11 is 0. The first-order chi connectivity index (χ1) is 9.15. The van der Waals surface area contributed by atoms with Gasteiger partial charge in [0.05, 0.1) is 0 Å². The Balaban J connectivity index is 2.07. The maximum absolute atomic E-state index is 12.2. The average Bonchev–Trinajstić information content (AvgIpc) is 2.37. The number of halogens is 2. The lowest BCUT2D eigenvalue weighted by molar-refractivity contribution is -0.0504. The van der Waals surface area contributed by atoms with Crippen molar-refractivity contribution in [1.29, 1.82) is 0 Å². The van der Waals surface area contributed by atoms with Gasteiger partial charge in [-0.25, -0.2) is 0 Å². The number of hydrogen-bond acceptors (Lipinski definition) is 3. The van der Waals surface area contributed by atoms with E-state index in [9.17, 15) is 13.9 Å². The van der Waals surface area contributed by atoms with Crippen LogP contribution < -0.4 is 10.1 Å². The Labute approximate surface area is 109 Å². The van der Waals surface area contributed by atoms with E-state index in [0.717, 1.165) is 0 Å². The van der Waals surface area contributed by atoms with E-state index >= 15 is 0 Å². The number of ether oxygens (including phenoxy) is 1. The molecule has 2 N–H and O–H groups in total. The van der Waals surface area contributed by atoms with Crippen LogP contribution in [-0.4, -0.2) is 11.7 Å². The van der Waals surface area contributed by atoms with E-state index < -0.39 is 6.61 Å². The van der Waals surface area contributed by atoms with Gasteiger partial charge >= 0.3 is 6.61 Å². The minimum Gasteiger partial charge on any atom is -0.508 e. The van der Waals surface area contributed by atoms with Gasteiger partial charge in [-0.05, 0) is 18.2 Å². The summed E-state index contributed by atoms with van der Waals surface area (Å²) in [5.41, 5.74) is 1.32. The van der Waals surface area contributed by atoms with Gasteiger partial charge in [0, 0.05) is 23.9 Å². The number of nitrogens with one attached hydrogen (secondary N) is 1. The summed E-state index contributed by atoms with van der Waals surface area (Å²) in [5, 5.41) is 12.4. The van der Waals surface area contributed by atoms with E-state index in [0.29, 0.717) is 17.8 Å². The Kier molecular flexibility index (Phi) is 4.18. The number of aromatic hydroxyl groups is 1. The first-order valence-electron chi connectivity index (χ1n) is 5.71. The summed E-state index contributed by atoms with van der Waals surface area (Å²) in [6.07, 6.45) is 0. The molecule has 0 amide bonds. The highest BCUT2D eigenvalue weighted by molar-refractivity contribution is 5.49. The van der Waals surface area contributed by atoms with E-state index in [2.05, 4.69) is 10.1 Å². The summed E-state index contributed by atoms with van der Waals surface area (Å²) in [6, 6.07) is 13.2. The van der Waals surface area contributed by atoms with Crippen molar-refractivity contribution in [3.8, 4) is 11.5 Å². The quantitative estimate of drug-likeness (QED) is 0.867. The normalized spacial score (nSPS) is 10.5. The fourth-order valence-corrected chi connectivity index (χ4v) is 1.67. The van der Waals surface area contributed by atoms with E-state index in [4.69, 9.17) is 0 Å². The molecule has 0 bridgehead atoms. The van der Waals surface area contributed by atoms with Crippen LogP contribution in [0, 0.1) is 0 Å². The zero-order chi connectivity index (χ0) is 13.7. The third-order valence-electron chi connectivity index (χ3n) is 2.52. The van der Waals surface area contributed by atoms with Crippen molar-refractivity contribution in [2.45, 2.75) is 13.2 Å². The maximum atomic E-state index is 12.2. The van der Waals surface area contributed by atoms with Crippen LogP contribution in [0.3, 0.4) is 0 Å². The van der Waals surface area contributed by atoms with Gasteiger partial charge in [-0.2, -0.15) is 8.78 Å². The summed E-state index contributed by atoms with van der Waals surface area (Å²) in [4.78, 5) is 0. The van der Waals surface area contributed by atoms with Crippen LogP contribution >= 0.6 is 0 Å². The van der Waals surface area contributed by atoms with Crippen LogP contribution in [0.15, 0.2) is 48.5 Å². The first-order valence-corrected chi connectivity index (χ1v) is 5.71. The smallest absolute Gasteiger partial charge is 0.387 e. The van der Waals surface area contributed by atoms with Crippen LogP contribution in [0.2, 0.25) is 0 Å². The molecule has 0 aliphatic carbocycles. The monoisotopic (exact) mass is 265 g/mol. The van der Waals surface area contributed by atoms with Gasteiger partial charge in [-0.15, -0.1) is 0 Å². The second-order valence-electron chi connectivity index (χ2n) is 3.89. The fraction of sp³-hybridized carbons (Fsp3) is 0.143. The van der Waals surface area contributed by atoms with E-state index in [1.165, 1.54) is 6.07 Å². The van der Waals surface area contributed by atoms with Crippen LogP contribution in [0.1, 0.15) is 5.56 Å². The third kappa shape index (κ3) is 3.84. The van der Waals surface area contributed by atoms with E-state index in [-0.39, 0.29) is 11.5 Å². The van der Waals surface area contributed by atoms with Crippen molar-refractivity contribution in [2.24, 2.45) is 0 Å². The van der Waals surface area contributed by atoms with Gasteiger partial charge < -0.3 is 15.2 Å². The SMILES string of the molecule is Oc1cccc(NCc2ccccc2OC(F)F)c1. The van der Waals surface area contributed by atoms with Crippen molar-refractivity contribution in [3.63, 3.8) is 0 Å². The second-order valence-corrected chi connectivity index (χ2v) is 3.89. The molecule has 2 rings (SSSR count). The minimum atomic E-state index is -2.85. The predicted molar refractivity (Wildman–Crippen MR) is 68.5 cm³/mol. The lowest BCUT2D eigenvalue weighted by Gasteiger charge is -2.12. The first kappa shape index (κ1) is 13.1. The Morgan fingerprint density at radius 3 is 2.63 bits per heavy atom. The van der Waals surface area contributed by atoms with Crippen molar-refractivity contribution in [3.05, 3.63) is 54.1 Å². The molecule has 0 aliphatic rings. The average molecular weight is 265 g/mol. The molecule has 0 spiro atoms. The van der Waals surface area contributed by atoms with Crippen LogP contribution in [0.25, 0.3) is 0 Å². The molecule has 2 aromatic rings. The number of benzene rings is 2. The Hall–Kier alpha value is -2.30. The summed E-state index contributed by atoms with van der Waals surface area (Å²) in [7, 11) is 0. The molecule has 0 heterocycles. The number of phenols is 1. The fourth-order valence-electron chi connectivity index (χ4n) is 1.67. The number of hydrogen-bond donors (Lipinski definition) is 2. The van der Waals surface area contributed by atoms with Crippen molar-refractivity contribution >= 4 is 5.69 Å². The Morgan fingerprint density at radius 1 is 1.11 bits per heavy atom. The zero-order valence-corrected chi connectivity index (χ0v) is 10.0. The van der Waals surface area contributed by atoms with Gasteiger partial charge in [-0.3, -0.25) is 0 Å². The summed E-state index contributed by atoms with van der Waals surface area (Å²) in [6.45, 7) is -2.52. The predicted octanol–water partition coefficient (Wildman–Crippen LogP) is 3.61. The molecule has 100 valence electrons. The van der Waals surface area contributed by atoms with Gasteiger partial charge in [0.15, 0.2) is 0 Å². The highest BCUT2D eigenvalue weighted by Gasteiger charge is 2.08. The van der Waals surface area contributed by atoms with Gasteiger partial charge in [-0.1, -0.05) is 24.3 Å². The van der Waals surface area contributed by atoms with Crippen LogP contribution in [-0.2, 0) is 6.54 Å². The molecule has 5 heteroatoms. The number of para-hydroxylation sites is 1. The number of anilines is 1. The molecular weight excluding hydrogens is 252 g/mol. The standard InChI is InChI=1S/C14H13F2NO2/c15-14(16)19-13-7-2-1-4-10(13)9-17-11-5-3-6-12(18)8-11/h1-8,14,17-18H,9H2. The zero-order valence-electron chi connectivity index (χ0n) is 10.0. The molecule has 2 aromatic carbocycles. The molecule has 19 heavy (non-hydrogen) atoms. The Bertz CT molecular complexity index is 546. The summed E-state index contributed by atoms with van der Waals surface area (Å²) in [5.74, 6) is 0.285. The molecule has 0 fully saturated rings. The topological polar surface area (TPSA) is 41.5 Å². The Morgan fingerprint density at radius 2 is 1.89 bits per heavy atom. The maximum Gasteiger partial charge on any atom is 0.387 e. The summed E-state index contributed by atoms with van der Waals surface area (Å²) < 4.78 is 28.9. The van der Waals surface area contributed by atoms with Gasteiger partial charge in [0.2, 0.25) is 0 Å². The van der Waals surface area contributed by atoms with Crippen LogP contribution in [0.5, 0.6) is 11.5 Å². The van der Waals surface area contributed by atoms with E-state index in [1.54, 1.807) is 42.5 Å². The highest BCUT2D eigenvalue weighted by Crippen LogP contribution is 2.22. The minimum absolute atomic E-state index is 0.141. The van der Waals surface area contributed by atoms with Gasteiger partial charge in [0.1, 0.15) is 11.5 Å². The molecule has 0 atom stereocenters. The van der Waals surface area contributed by atoms with Gasteiger partial charge in [0.25, 0.3) is 0 Å². The van der Waals surface area contributed by atoms with Crippen molar-refractivity contribution < 1.29 is 18.6 Å². The lowest BCUT2D eigenvalue weighted by Crippen LogP contribution is -2.07. The second kappa shape index (κ2) is 6.04. The molecule has 3 nitrogen and oxygen atoms in total. The molecule has 0 aliphatic heterocycles. The van der Waals surface area contributed by atoms with E-state index in [1.807, 2.05) is 0 Å². The lowest BCUT2D eigenvalue weighted by atomic mass is 10.2. The number of rotatable bonds is 5. The molecule has 0 unspecified atom stereocenters. The molecule has 0 radical (unpaired) electrons.